The Morgan fingerprint density at radius 1 is 1.16 bits per heavy atom. The van der Waals surface area contributed by atoms with E-state index in [1.807, 2.05) is 11.8 Å². The Morgan fingerprint density at radius 2 is 1.84 bits per heavy atom. The van der Waals surface area contributed by atoms with Gasteiger partial charge in [0.2, 0.25) is 5.91 Å². The number of rotatable bonds is 3. The number of hydrogen-bond acceptors (Lipinski definition) is 4. The number of hydrogen-bond donors (Lipinski definition) is 0. The Balaban J connectivity index is 1.83. The molecule has 2 unspecified atom stereocenters. The first-order chi connectivity index (χ1) is 9.11. The Labute approximate surface area is 114 Å². The van der Waals surface area contributed by atoms with Gasteiger partial charge >= 0.3 is 5.97 Å². The van der Waals surface area contributed by atoms with Crippen LogP contribution < -0.4 is 0 Å². The van der Waals surface area contributed by atoms with Gasteiger partial charge in [0.15, 0.2) is 0 Å². The summed E-state index contributed by atoms with van der Waals surface area (Å²) in [6, 6.07) is 0. The lowest BCUT2D eigenvalue weighted by Crippen LogP contribution is -2.42. The zero-order valence-electron chi connectivity index (χ0n) is 11.9. The van der Waals surface area contributed by atoms with Crippen molar-refractivity contribution in [1.82, 2.24) is 9.80 Å². The van der Waals surface area contributed by atoms with Crippen LogP contribution in [0.4, 0.5) is 0 Å². The van der Waals surface area contributed by atoms with Gasteiger partial charge < -0.3 is 9.64 Å². The molecule has 0 radical (unpaired) electrons. The second-order valence-corrected chi connectivity index (χ2v) is 5.74. The van der Waals surface area contributed by atoms with Crippen LogP contribution in [0.25, 0.3) is 0 Å². The highest BCUT2D eigenvalue weighted by Gasteiger charge is 2.36. The molecule has 0 aromatic carbocycles. The van der Waals surface area contributed by atoms with Gasteiger partial charge in [-0.2, -0.15) is 0 Å². The smallest absolute Gasteiger partial charge is 0.310 e. The van der Waals surface area contributed by atoms with Gasteiger partial charge in [0.25, 0.3) is 0 Å². The average Bonchev–Trinajstić information content (AvgIpc) is 2.79. The summed E-state index contributed by atoms with van der Waals surface area (Å²) < 4.78 is 4.81. The van der Waals surface area contributed by atoms with Crippen molar-refractivity contribution in [1.29, 1.82) is 0 Å². The molecule has 0 bridgehead atoms. The molecule has 5 heteroatoms. The summed E-state index contributed by atoms with van der Waals surface area (Å²) in [7, 11) is 1.43. The van der Waals surface area contributed by atoms with Crippen molar-refractivity contribution >= 4 is 11.9 Å². The van der Waals surface area contributed by atoms with E-state index in [2.05, 4.69) is 4.90 Å². The first-order valence-electron chi connectivity index (χ1n) is 7.19. The maximum Gasteiger partial charge on any atom is 0.310 e. The average molecular weight is 268 g/mol. The topological polar surface area (TPSA) is 49.9 Å². The summed E-state index contributed by atoms with van der Waals surface area (Å²) in [6.45, 7) is 5.73. The second kappa shape index (κ2) is 6.37. The van der Waals surface area contributed by atoms with Gasteiger partial charge in [0.1, 0.15) is 0 Å². The molecular weight excluding hydrogens is 244 g/mol. The molecule has 2 heterocycles. The third-order valence-electron chi connectivity index (χ3n) is 4.26. The summed E-state index contributed by atoms with van der Waals surface area (Å²) >= 11 is 0. The van der Waals surface area contributed by atoms with Crippen LogP contribution in [-0.2, 0) is 14.3 Å². The number of likely N-dealkylation sites (tertiary alicyclic amines) is 2. The number of carbonyl (C=O) groups excluding carboxylic acids is 2. The van der Waals surface area contributed by atoms with Crippen molar-refractivity contribution in [3.05, 3.63) is 0 Å². The number of carbonyl (C=O) groups is 2. The van der Waals surface area contributed by atoms with E-state index >= 15 is 0 Å². The van der Waals surface area contributed by atoms with Gasteiger partial charge in [-0.15, -0.1) is 0 Å². The van der Waals surface area contributed by atoms with E-state index < -0.39 is 0 Å². The van der Waals surface area contributed by atoms with Gasteiger partial charge in [-0.05, 0) is 25.2 Å². The van der Waals surface area contributed by atoms with Crippen LogP contribution in [0.15, 0.2) is 0 Å². The number of esters is 1. The molecule has 1 amide bonds. The summed E-state index contributed by atoms with van der Waals surface area (Å²) in [4.78, 5) is 27.8. The van der Waals surface area contributed by atoms with Gasteiger partial charge in [-0.3, -0.25) is 14.5 Å². The van der Waals surface area contributed by atoms with Crippen LogP contribution >= 0.6 is 0 Å². The predicted octanol–water partition coefficient (Wildman–Crippen LogP) is 0.740. The summed E-state index contributed by atoms with van der Waals surface area (Å²) in [5.74, 6) is 0.235. The summed E-state index contributed by atoms with van der Waals surface area (Å²) in [6.07, 6.45) is 3.47. The van der Waals surface area contributed by atoms with Crippen molar-refractivity contribution < 1.29 is 14.3 Å². The van der Waals surface area contributed by atoms with E-state index in [1.165, 1.54) is 13.5 Å². The first-order valence-corrected chi connectivity index (χ1v) is 7.19. The van der Waals surface area contributed by atoms with E-state index in [0.717, 1.165) is 32.5 Å². The molecule has 0 spiro atoms. The third kappa shape index (κ3) is 3.47. The molecule has 2 aliphatic heterocycles. The predicted molar refractivity (Wildman–Crippen MR) is 71.5 cm³/mol. The lowest BCUT2D eigenvalue weighted by Gasteiger charge is -2.28. The zero-order valence-corrected chi connectivity index (χ0v) is 11.9. The number of methoxy groups -OCH3 is 1. The van der Waals surface area contributed by atoms with Crippen LogP contribution in [0.1, 0.15) is 26.2 Å². The molecule has 2 fully saturated rings. The fourth-order valence-electron chi connectivity index (χ4n) is 3.09. The number of ether oxygens (including phenoxy) is 1. The molecule has 0 saturated carbocycles. The fraction of sp³-hybridized carbons (Fsp3) is 0.857. The van der Waals surface area contributed by atoms with Gasteiger partial charge in [-0.1, -0.05) is 6.92 Å². The zero-order chi connectivity index (χ0) is 13.8. The van der Waals surface area contributed by atoms with Crippen LogP contribution in [0.3, 0.4) is 0 Å². The van der Waals surface area contributed by atoms with Crippen LogP contribution in [-0.4, -0.2) is 61.5 Å². The summed E-state index contributed by atoms with van der Waals surface area (Å²) in [5.41, 5.74) is 0. The molecule has 2 saturated heterocycles. The van der Waals surface area contributed by atoms with Crippen LogP contribution in [0.2, 0.25) is 0 Å². The van der Waals surface area contributed by atoms with Crippen molar-refractivity contribution in [2.24, 2.45) is 11.8 Å². The molecule has 19 heavy (non-hydrogen) atoms. The van der Waals surface area contributed by atoms with Crippen molar-refractivity contribution in [3.8, 4) is 0 Å². The van der Waals surface area contributed by atoms with Crippen molar-refractivity contribution in [2.45, 2.75) is 26.2 Å². The highest BCUT2D eigenvalue weighted by Crippen LogP contribution is 2.24. The molecule has 2 aliphatic rings. The van der Waals surface area contributed by atoms with E-state index in [1.54, 1.807) is 0 Å². The Kier molecular flexibility index (Phi) is 4.80. The Morgan fingerprint density at radius 3 is 2.47 bits per heavy atom. The molecular formula is C14H24N2O3. The quantitative estimate of drug-likeness (QED) is 0.708. The van der Waals surface area contributed by atoms with Gasteiger partial charge in [0.05, 0.1) is 19.6 Å². The third-order valence-corrected chi connectivity index (χ3v) is 4.26. The molecule has 0 aliphatic carbocycles. The molecule has 2 rings (SSSR count). The van der Waals surface area contributed by atoms with E-state index in [9.17, 15) is 9.59 Å². The Hall–Kier alpha value is -1.10. The monoisotopic (exact) mass is 268 g/mol. The minimum atomic E-state index is -0.152. The molecule has 2 atom stereocenters. The van der Waals surface area contributed by atoms with Crippen molar-refractivity contribution in [2.75, 3.05) is 39.8 Å². The SMILES string of the molecule is COC(=O)C1CN(CC(=O)N2CCCCC2)CC1C. The lowest BCUT2D eigenvalue weighted by atomic mass is 9.99. The number of nitrogens with zero attached hydrogens (tertiary/aromatic N) is 2. The van der Waals surface area contributed by atoms with E-state index in [0.29, 0.717) is 13.1 Å². The van der Waals surface area contributed by atoms with Gasteiger partial charge in [0, 0.05) is 26.2 Å². The Bertz CT molecular complexity index is 340. The first kappa shape index (κ1) is 14.3. The highest BCUT2D eigenvalue weighted by atomic mass is 16.5. The molecule has 0 aromatic rings. The van der Waals surface area contributed by atoms with E-state index in [4.69, 9.17) is 4.74 Å². The standard InChI is InChI=1S/C14H24N2O3/c1-11-8-15(9-12(11)14(18)19-2)10-13(17)16-6-4-3-5-7-16/h11-12H,3-10H2,1-2H3. The maximum absolute atomic E-state index is 12.2. The highest BCUT2D eigenvalue weighted by molar-refractivity contribution is 5.79. The number of piperidine rings is 1. The molecule has 108 valence electrons. The largest absolute Gasteiger partial charge is 0.469 e. The van der Waals surface area contributed by atoms with Crippen molar-refractivity contribution in [3.63, 3.8) is 0 Å². The second-order valence-electron chi connectivity index (χ2n) is 5.74. The van der Waals surface area contributed by atoms with Crippen LogP contribution in [0.5, 0.6) is 0 Å². The minimum Gasteiger partial charge on any atom is -0.469 e. The van der Waals surface area contributed by atoms with Gasteiger partial charge in [-0.25, -0.2) is 0 Å². The fourth-order valence-corrected chi connectivity index (χ4v) is 3.09. The van der Waals surface area contributed by atoms with Crippen LogP contribution in [0, 0.1) is 11.8 Å². The minimum absolute atomic E-state index is 0.0841. The number of amides is 1. The molecule has 0 N–H and O–H groups in total. The normalized spacial score (nSPS) is 28.4. The molecule has 5 nitrogen and oxygen atoms in total. The summed E-state index contributed by atoms with van der Waals surface area (Å²) in [5, 5.41) is 0. The van der Waals surface area contributed by atoms with E-state index in [-0.39, 0.29) is 23.7 Å². The lowest BCUT2D eigenvalue weighted by molar-refractivity contribution is -0.146. The molecule has 0 aromatic heterocycles. The maximum atomic E-state index is 12.2.